The first kappa shape index (κ1) is 22.3. The van der Waals surface area contributed by atoms with Crippen molar-refractivity contribution in [3.05, 3.63) is 54.1 Å². The molecule has 2 amide bonds. The van der Waals surface area contributed by atoms with Gasteiger partial charge in [-0.25, -0.2) is 8.42 Å². The highest BCUT2D eigenvalue weighted by molar-refractivity contribution is 7.89. The molecule has 10 heteroatoms. The summed E-state index contributed by atoms with van der Waals surface area (Å²) >= 11 is 0. The van der Waals surface area contributed by atoms with Crippen LogP contribution in [0.4, 0.5) is 5.69 Å². The molecule has 162 valence electrons. The number of fused-ring (bicyclic) bond motifs is 1. The van der Waals surface area contributed by atoms with Crippen LogP contribution in [0, 0.1) is 11.3 Å². The third-order valence-electron chi connectivity index (χ3n) is 4.84. The van der Waals surface area contributed by atoms with Gasteiger partial charge in [-0.2, -0.15) is 9.57 Å². The molecular weight excluding hydrogens is 420 g/mol. The van der Waals surface area contributed by atoms with Crippen molar-refractivity contribution in [3.63, 3.8) is 0 Å². The van der Waals surface area contributed by atoms with Crippen LogP contribution in [-0.4, -0.2) is 69.8 Å². The number of likely N-dealkylation sites (N-methyl/N-ethyl adjacent to an activating group) is 2. The van der Waals surface area contributed by atoms with Gasteiger partial charge in [0.2, 0.25) is 15.9 Å². The Labute approximate surface area is 181 Å². The van der Waals surface area contributed by atoms with Gasteiger partial charge in [0.1, 0.15) is 5.75 Å². The predicted octanol–water partition coefficient (Wildman–Crippen LogP) is 1.06. The minimum absolute atomic E-state index is 0.0233. The standard InChI is InChI=1S/C21H22N4O5S/c1-23(2)21(27)19-13-25(17-6-4-5-7-18(17)30-19)20(26)14-24(3)31(28,29)16-10-8-15(12-22)9-11-16/h4-11,19H,13-14H2,1-3H3. The van der Waals surface area contributed by atoms with Crippen molar-refractivity contribution in [1.82, 2.24) is 9.21 Å². The first-order chi connectivity index (χ1) is 14.6. The van der Waals surface area contributed by atoms with Gasteiger partial charge in [0.05, 0.1) is 35.3 Å². The lowest BCUT2D eigenvalue weighted by molar-refractivity contribution is -0.136. The highest BCUT2D eigenvalue weighted by Gasteiger charge is 2.35. The average Bonchev–Trinajstić information content (AvgIpc) is 2.77. The van der Waals surface area contributed by atoms with Gasteiger partial charge in [-0.15, -0.1) is 0 Å². The molecule has 0 saturated heterocycles. The second kappa shape index (κ2) is 8.75. The van der Waals surface area contributed by atoms with Crippen LogP contribution in [0.5, 0.6) is 5.75 Å². The second-order valence-corrected chi connectivity index (χ2v) is 9.25. The summed E-state index contributed by atoms with van der Waals surface area (Å²) < 4.78 is 32.4. The number of sulfonamides is 1. The van der Waals surface area contributed by atoms with Gasteiger partial charge >= 0.3 is 0 Å². The summed E-state index contributed by atoms with van der Waals surface area (Å²) in [4.78, 5) is 28.2. The molecule has 3 rings (SSSR count). The average molecular weight is 442 g/mol. The molecule has 0 bridgehead atoms. The van der Waals surface area contributed by atoms with Crippen LogP contribution in [0.15, 0.2) is 53.4 Å². The van der Waals surface area contributed by atoms with Gasteiger partial charge in [0, 0.05) is 21.1 Å². The zero-order valence-corrected chi connectivity index (χ0v) is 18.2. The number of carbonyl (C=O) groups excluding carboxylic acids is 2. The lowest BCUT2D eigenvalue weighted by Crippen LogP contribution is -2.52. The summed E-state index contributed by atoms with van der Waals surface area (Å²) in [6, 6.07) is 14.2. The van der Waals surface area contributed by atoms with Crippen LogP contribution in [0.1, 0.15) is 5.56 Å². The maximum atomic E-state index is 13.1. The SMILES string of the molecule is CN(C)C(=O)C1CN(C(=O)CN(C)S(=O)(=O)c2ccc(C#N)cc2)c2ccccc2O1. The Morgan fingerprint density at radius 2 is 1.77 bits per heavy atom. The topological polar surface area (TPSA) is 111 Å². The quantitative estimate of drug-likeness (QED) is 0.685. The van der Waals surface area contributed by atoms with E-state index in [1.807, 2.05) is 6.07 Å². The molecule has 31 heavy (non-hydrogen) atoms. The van der Waals surface area contributed by atoms with E-state index in [0.29, 0.717) is 17.0 Å². The van der Waals surface area contributed by atoms with Crippen molar-refractivity contribution in [2.75, 3.05) is 39.1 Å². The lowest BCUT2D eigenvalue weighted by Gasteiger charge is -2.35. The van der Waals surface area contributed by atoms with Crippen molar-refractivity contribution in [3.8, 4) is 11.8 Å². The number of rotatable bonds is 5. The summed E-state index contributed by atoms with van der Waals surface area (Å²) in [7, 11) is 0.545. The number of nitriles is 1. The molecule has 0 aromatic heterocycles. The fourth-order valence-corrected chi connectivity index (χ4v) is 4.25. The first-order valence-electron chi connectivity index (χ1n) is 9.39. The monoisotopic (exact) mass is 442 g/mol. The summed E-state index contributed by atoms with van der Waals surface area (Å²) in [5.74, 6) is -0.419. The van der Waals surface area contributed by atoms with E-state index >= 15 is 0 Å². The number of anilines is 1. The number of para-hydroxylation sites is 2. The Balaban J connectivity index is 1.84. The fourth-order valence-electron chi connectivity index (χ4n) is 3.13. The molecule has 0 spiro atoms. The molecule has 1 heterocycles. The molecule has 9 nitrogen and oxygen atoms in total. The van der Waals surface area contributed by atoms with Crippen molar-refractivity contribution in [2.45, 2.75) is 11.0 Å². The van der Waals surface area contributed by atoms with Gasteiger partial charge in [0.25, 0.3) is 5.91 Å². The van der Waals surface area contributed by atoms with Crippen molar-refractivity contribution in [1.29, 1.82) is 5.26 Å². The third kappa shape index (κ3) is 4.52. The van der Waals surface area contributed by atoms with E-state index in [4.69, 9.17) is 10.00 Å². The largest absolute Gasteiger partial charge is 0.476 e. The van der Waals surface area contributed by atoms with Crippen molar-refractivity contribution >= 4 is 27.5 Å². The molecule has 2 aromatic carbocycles. The summed E-state index contributed by atoms with van der Waals surface area (Å²) in [6.07, 6.45) is -0.894. The van der Waals surface area contributed by atoms with Gasteiger partial charge in [-0.1, -0.05) is 12.1 Å². The van der Waals surface area contributed by atoms with Crippen LogP contribution in [0.2, 0.25) is 0 Å². The summed E-state index contributed by atoms with van der Waals surface area (Å²) in [6.45, 7) is -0.461. The highest BCUT2D eigenvalue weighted by atomic mass is 32.2. The zero-order valence-electron chi connectivity index (χ0n) is 17.3. The Morgan fingerprint density at radius 1 is 1.13 bits per heavy atom. The number of hydrogen-bond acceptors (Lipinski definition) is 6. The molecular formula is C21H22N4O5S. The van der Waals surface area contributed by atoms with E-state index < -0.39 is 28.6 Å². The number of ether oxygens (including phenoxy) is 1. The fraction of sp³-hybridized carbons (Fsp3) is 0.286. The van der Waals surface area contributed by atoms with Gasteiger partial charge in [-0.3, -0.25) is 9.59 Å². The number of nitrogens with zero attached hydrogens (tertiary/aromatic N) is 4. The minimum Gasteiger partial charge on any atom is -0.476 e. The zero-order chi connectivity index (χ0) is 22.8. The summed E-state index contributed by atoms with van der Waals surface area (Å²) in [5.41, 5.74) is 0.804. The molecule has 1 aliphatic heterocycles. The van der Waals surface area contributed by atoms with Crippen molar-refractivity contribution in [2.24, 2.45) is 0 Å². The van der Waals surface area contributed by atoms with Crippen LogP contribution in [-0.2, 0) is 19.6 Å². The van der Waals surface area contributed by atoms with Crippen LogP contribution in [0.25, 0.3) is 0 Å². The van der Waals surface area contributed by atoms with E-state index in [1.165, 1.54) is 41.1 Å². The minimum atomic E-state index is -3.95. The number of carbonyl (C=O) groups is 2. The van der Waals surface area contributed by atoms with Gasteiger partial charge in [0.15, 0.2) is 6.10 Å². The number of benzene rings is 2. The van der Waals surface area contributed by atoms with Crippen LogP contribution in [0.3, 0.4) is 0 Å². The Kier molecular flexibility index (Phi) is 6.29. The highest BCUT2D eigenvalue weighted by Crippen LogP contribution is 2.33. The summed E-state index contributed by atoms with van der Waals surface area (Å²) in [5, 5.41) is 8.88. The van der Waals surface area contributed by atoms with E-state index in [1.54, 1.807) is 38.4 Å². The van der Waals surface area contributed by atoms with E-state index in [0.717, 1.165) is 4.31 Å². The smallest absolute Gasteiger partial charge is 0.265 e. The predicted molar refractivity (Wildman–Crippen MR) is 113 cm³/mol. The molecule has 0 saturated carbocycles. The normalized spacial score (nSPS) is 15.6. The first-order valence-corrected chi connectivity index (χ1v) is 10.8. The van der Waals surface area contributed by atoms with E-state index in [2.05, 4.69) is 0 Å². The molecule has 1 aliphatic rings. The Morgan fingerprint density at radius 3 is 2.39 bits per heavy atom. The molecule has 0 aliphatic carbocycles. The molecule has 0 radical (unpaired) electrons. The maximum absolute atomic E-state index is 13.1. The number of amides is 2. The van der Waals surface area contributed by atoms with Crippen LogP contribution < -0.4 is 9.64 Å². The molecule has 0 N–H and O–H groups in total. The van der Waals surface area contributed by atoms with Crippen LogP contribution >= 0.6 is 0 Å². The molecule has 0 fully saturated rings. The number of hydrogen-bond donors (Lipinski definition) is 0. The maximum Gasteiger partial charge on any atom is 0.265 e. The Bertz CT molecular complexity index is 1140. The van der Waals surface area contributed by atoms with E-state index in [-0.39, 0.29) is 17.3 Å². The van der Waals surface area contributed by atoms with Gasteiger partial charge in [-0.05, 0) is 36.4 Å². The Hall–Kier alpha value is -3.42. The molecule has 1 unspecified atom stereocenters. The van der Waals surface area contributed by atoms with Crippen molar-refractivity contribution < 1.29 is 22.7 Å². The second-order valence-electron chi connectivity index (χ2n) is 7.21. The third-order valence-corrected chi connectivity index (χ3v) is 6.66. The lowest BCUT2D eigenvalue weighted by atomic mass is 10.1. The molecule has 1 atom stereocenters. The van der Waals surface area contributed by atoms with E-state index in [9.17, 15) is 18.0 Å². The van der Waals surface area contributed by atoms with Gasteiger partial charge < -0.3 is 14.5 Å². The molecule has 2 aromatic rings.